The number of carboxylic acid groups (broad SMARTS) is 1. The fourth-order valence-electron chi connectivity index (χ4n) is 1.31. The van der Waals surface area contributed by atoms with Crippen molar-refractivity contribution in [1.82, 2.24) is 5.32 Å². The second-order valence-electron chi connectivity index (χ2n) is 3.51. The van der Waals surface area contributed by atoms with Crippen molar-refractivity contribution in [3.8, 4) is 0 Å². The maximum atomic E-state index is 11.3. The first kappa shape index (κ1) is 13.6. The van der Waals surface area contributed by atoms with Crippen molar-refractivity contribution in [3.05, 3.63) is 23.2 Å². The largest absolute Gasteiger partial charge is 0.478 e. The van der Waals surface area contributed by atoms with Gasteiger partial charge in [0.2, 0.25) is 5.91 Å². The number of furan rings is 1. The Morgan fingerprint density at radius 1 is 1.53 bits per heavy atom. The van der Waals surface area contributed by atoms with Crippen LogP contribution in [0.3, 0.4) is 0 Å². The van der Waals surface area contributed by atoms with Crippen molar-refractivity contribution in [2.24, 2.45) is 0 Å². The topological polar surface area (TPSA) is 79.5 Å². The van der Waals surface area contributed by atoms with Crippen LogP contribution < -0.4 is 5.32 Å². The normalized spacial score (nSPS) is 10.2. The number of amides is 1. The highest BCUT2D eigenvalue weighted by atomic mass is 32.2. The first-order chi connectivity index (χ1) is 8.04. The first-order valence-corrected chi connectivity index (χ1v) is 6.52. The zero-order valence-electron chi connectivity index (χ0n) is 9.78. The van der Waals surface area contributed by atoms with Crippen LogP contribution in [0.25, 0.3) is 0 Å². The third kappa shape index (κ3) is 4.14. The summed E-state index contributed by atoms with van der Waals surface area (Å²) in [7, 11) is 0. The molecule has 1 rings (SSSR count). The van der Waals surface area contributed by atoms with E-state index in [0.29, 0.717) is 17.9 Å². The minimum atomic E-state index is -1.02. The molecule has 2 N–H and O–H groups in total. The second kappa shape index (κ2) is 6.34. The second-order valence-corrected chi connectivity index (χ2v) is 4.49. The molecule has 1 heterocycles. The molecule has 0 saturated carbocycles. The minimum absolute atomic E-state index is 0.0646. The van der Waals surface area contributed by atoms with Crippen LogP contribution in [0.4, 0.5) is 0 Å². The standard InChI is InChI=1S/C11H15NO4S/c1-7-9(11(14)15)5-8(16-7)6-12-10(13)3-4-17-2/h5H,3-4,6H2,1-2H3,(H,12,13)(H,14,15). The maximum Gasteiger partial charge on any atom is 0.339 e. The number of rotatable bonds is 6. The van der Waals surface area contributed by atoms with E-state index in [1.54, 1.807) is 18.7 Å². The Hall–Kier alpha value is -1.43. The van der Waals surface area contributed by atoms with Crippen molar-refractivity contribution >= 4 is 23.6 Å². The Balaban J connectivity index is 2.50. The Morgan fingerprint density at radius 2 is 2.24 bits per heavy atom. The Kier molecular flexibility index (Phi) is 5.09. The summed E-state index contributed by atoms with van der Waals surface area (Å²) in [5.41, 5.74) is 0.137. The van der Waals surface area contributed by atoms with Gasteiger partial charge in [-0.15, -0.1) is 0 Å². The number of carbonyl (C=O) groups excluding carboxylic acids is 1. The number of hydrogen-bond donors (Lipinski definition) is 2. The monoisotopic (exact) mass is 257 g/mol. The van der Waals surface area contributed by atoms with E-state index in [9.17, 15) is 9.59 Å². The van der Waals surface area contributed by atoms with Crippen LogP contribution in [-0.2, 0) is 11.3 Å². The molecular formula is C11H15NO4S. The van der Waals surface area contributed by atoms with Gasteiger partial charge in [0, 0.05) is 12.2 Å². The van der Waals surface area contributed by atoms with Gasteiger partial charge in [0.1, 0.15) is 17.1 Å². The average molecular weight is 257 g/mol. The van der Waals surface area contributed by atoms with Gasteiger partial charge in [-0.3, -0.25) is 4.79 Å². The van der Waals surface area contributed by atoms with Crippen LogP contribution in [0.2, 0.25) is 0 Å². The summed E-state index contributed by atoms with van der Waals surface area (Å²) in [5.74, 6) is 0.489. The van der Waals surface area contributed by atoms with E-state index in [2.05, 4.69) is 5.32 Å². The van der Waals surface area contributed by atoms with E-state index in [0.717, 1.165) is 5.75 Å². The molecule has 0 atom stereocenters. The maximum absolute atomic E-state index is 11.3. The fraction of sp³-hybridized carbons (Fsp3) is 0.455. The van der Waals surface area contributed by atoms with Crippen molar-refractivity contribution in [3.63, 3.8) is 0 Å². The van der Waals surface area contributed by atoms with Gasteiger partial charge in [-0.05, 0) is 19.2 Å². The van der Waals surface area contributed by atoms with Gasteiger partial charge in [-0.1, -0.05) is 0 Å². The highest BCUT2D eigenvalue weighted by Crippen LogP contribution is 2.14. The predicted molar refractivity (Wildman–Crippen MR) is 65.3 cm³/mol. The van der Waals surface area contributed by atoms with Gasteiger partial charge < -0.3 is 14.8 Å². The lowest BCUT2D eigenvalue weighted by molar-refractivity contribution is -0.120. The molecule has 1 amide bonds. The average Bonchev–Trinajstić information content (AvgIpc) is 2.65. The van der Waals surface area contributed by atoms with E-state index in [4.69, 9.17) is 9.52 Å². The van der Waals surface area contributed by atoms with E-state index in [-0.39, 0.29) is 18.0 Å². The zero-order valence-corrected chi connectivity index (χ0v) is 10.6. The van der Waals surface area contributed by atoms with Crippen molar-refractivity contribution in [2.45, 2.75) is 19.9 Å². The van der Waals surface area contributed by atoms with Crippen LogP contribution >= 0.6 is 11.8 Å². The Morgan fingerprint density at radius 3 is 2.76 bits per heavy atom. The molecule has 6 heteroatoms. The molecule has 0 radical (unpaired) electrons. The highest BCUT2D eigenvalue weighted by molar-refractivity contribution is 7.98. The Labute approximate surface area is 104 Å². The van der Waals surface area contributed by atoms with Gasteiger partial charge in [-0.2, -0.15) is 11.8 Å². The van der Waals surface area contributed by atoms with Crippen molar-refractivity contribution in [2.75, 3.05) is 12.0 Å². The molecule has 0 aliphatic heterocycles. The van der Waals surface area contributed by atoms with Crippen LogP contribution in [0, 0.1) is 6.92 Å². The quantitative estimate of drug-likeness (QED) is 0.810. The number of thioether (sulfide) groups is 1. The van der Waals surface area contributed by atoms with Crippen molar-refractivity contribution in [1.29, 1.82) is 0 Å². The third-order valence-corrected chi connectivity index (χ3v) is 2.80. The molecule has 1 aromatic rings. The molecule has 1 aromatic heterocycles. The molecule has 0 bridgehead atoms. The summed E-state index contributed by atoms with van der Waals surface area (Å²) in [6.45, 7) is 1.81. The molecule has 0 spiro atoms. The molecule has 0 aliphatic carbocycles. The number of nitrogens with one attached hydrogen (secondary N) is 1. The minimum Gasteiger partial charge on any atom is -0.478 e. The lowest BCUT2D eigenvalue weighted by Crippen LogP contribution is -2.22. The molecule has 17 heavy (non-hydrogen) atoms. The number of carboxylic acids is 1. The molecule has 5 nitrogen and oxygen atoms in total. The van der Waals surface area contributed by atoms with E-state index < -0.39 is 5.97 Å². The summed E-state index contributed by atoms with van der Waals surface area (Å²) >= 11 is 1.60. The smallest absolute Gasteiger partial charge is 0.339 e. The van der Waals surface area contributed by atoms with Gasteiger partial charge in [0.15, 0.2) is 0 Å². The van der Waals surface area contributed by atoms with Crippen LogP contribution in [0.1, 0.15) is 28.3 Å². The number of aromatic carboxylic acids is 1. The highest BCUT2D eigenvalue weighted by Gasteiger charge is 2.13. The molecule has 94 valence electrons. The number of hydrogen-bond acceptors (Lipinski definition) is 4. The van der Waals surface area contributed by atoms with Crippen LogP contribution in [0.5, 0.6) is 0 Å². The van der Waals surface area contributed by atoms with Gasteiger partial charge >= 0.3 is 5.97 Å². The van der Waals surface area contributed by atoms with Gasteiger partial charge in [0.25, 0.3) is 0 Å². The summed E-state index contributed by atoms with van der Waals surface area (Å²) in [4.78, 5) is 22.1. The summed E-state index contributed by atoms with van der Waals surface area (Å²) < 4.78 is 5.23. The zero-order chi connectivity index (χ0) is 12.8. The molecule has 0 unspecified atom stereocenters. The molecule has 0 saturated heterocycles. The summed E-state index contributed by atoms with van der Waals surface area (Å²) in [5, 5.41) is 11.5. The summed E-state index contributed by atoms with van der Waals surface area (Å²) in [6, 6.07) is 1.44. The van der Waals surface area contributed by atoms with Crippen LogP contribution in [-0.4, -0.2) is 29.0 Å². The fourth-order valence-corrected chi connectivity index (χ4v) is 1.70. The Bertz CT molecular complexity index is 414. The van der Waals surface area contributed by atoms with Gasteiger partial charge in [0.05, 0.1) is 6.54 Å². The lowest BCUT2D eigenvalue weighted by atomic mass is 10.2. The first-order valence-electron chi connectivity index (χ1n) is 5.13. The van der Waals surface area contributed by atoms with Gasteiger partial charge in [-0.25, -0.2) is 4.79 Å². The predicted octanol–water partition coefficient (Wildman–Crippen LogP) is 1.66. The van der Waals surface area contributed by atoms with E-state index in [1.165, 1.54) is 6.07 Å². The summed E-state index contributed by atoms with van der Waals surface area (Å²) in [6.07, 6.45) is 2.38. The molecular weight excluding hydrogens is 242 g/mol. The van der Waals surface area contributed by atoms with Crippen molar-refractivity contribution < 1.29 is 19.1 Å². The lowest BCUT2D eigenvalue weighted by Gasteiger charge is -2.01. The molecule has 0 fully saturated rings. The molecule has 0 aliphatic rings. The molecule has 0 aromatic carbocycles. The number of aryl methyl sites for hydroxylation is 1. The van der Waals surface area contributed by atoms with E-state index in [1.807, 2.05) is 6.26 Å². The number of carbonyl (C=O) groups is 2. The van der Waals surface area contributed by atoms with Crippen LogP contribution in [0.15, 0.2) is 10.5 Å². The third-order valence-electron chi connectivity index (χ3n) is 2.19. The van der Waals surface area contributed by atoms with E-state index >= 15 is 0 Å². The SMILES string of the molecule is CSCCC(=O)NCc1cc(C(=O)O)c(C)o1.